The molecule has 23 heavy (non-hydrogen) atoms. The van der Waals surface area contributed by atoms with Crippen LogP contribution in [0.3, 0.4) is 0 Å². The number of carbonyl (C=O) groups is 1. The van der Waals surface area contributed by atoms with Crippen LogP contribution in [0.1, 0.15) is 29.8 Å². The number of hydrogen-bond acceptors (Lipinski definition) is 4. The van der Waals surface area contributed by atoms with Crippen molar-refractivity contribution >= 4 is 27.2 Å². The van der Waals surface area contributed by atoms with Crippen molar-refractivity contribution in [2.75, 3.05) is 10.0 Å². The molecule has 6 heteroatoms. The van der Waals surface area contributed by atoms with E-state index in [0.717, 1.165) is 17.7 Å². The fourth-order valence-electron chi connectivity index (χ4n) is 2.71. The molecular weight excluding hydrogens is 312 g/mol. The first kappa shape index (κ1) is 15.6. The second-order valence-corrected chi connectivity index (χ2v) is 7.49. The van der Waals surface area contributed by atoms with Crippen molar-refractivity contribution in [1.82, 2.24) is 0 Å². The van der Waals surface area contributed by atoms with E-state index in [1.807, 2.05) is 0 Å². The second-order valence-electron chi connectivity index (χ2n) is 5.81. The summed E-state index contributed by atoms with van der Waals surface area (Å²) in [5.41, 5.74) is 2.83. The predicted octanol–water partition coefficient (Wildman–Crippen LogP) is 3.05. The maximum Gasteiger partial charge on any atom is 0.261 e. The second kappa shape index (κ2) is 5.70. The Kier molecular flexibility index (Phi) is 3.85. The largest absolute Gasteiger partial charge is 0.382 e. The quantitative estimate of drug-likeness (QED) is 0.845. The first-order chi connectivity index (χ1) is 10.8. The third-order valence-electron chi connectivity index (χ3n) is 3.84. The van der Waals surface area contributed by atoms with Crippen LogP contribution in [0.15, 0.2) is 47.4 Å². The highest BCUT2D eigenvalue weighted by atomic mass is 32.2. The van der Waals surface area contributed by atoms with Gasteiger partial charge in [-0.25, -0.2) is 8.42 Å². The van der Waals surface area contributed by atoms with Crippen LogP contribution in [-0.4, -0.2) is 20.2 Å². The summed E-state index contributed by atoms with van der Waals surface area (Å²) in [5.74, 6) is -0.108. The van der Waals surface area contributed by atoms with Gasteiger partial charge in [0.1, 0.15) is 0 Å². The van der Waals surface area contributed by atoms with Crippen LogP contribution in [0.25, 0.3) is 0 Å². The predicted molar refractivity (Wildman–Crippen MR) is 90.5 cm³/mol. The molecule has 120 valence electrons. The van der Waals surface area contributed by atoms with Crippen molar-refractivity contribution in [3.8, 4) is 0 Å². The zero-order valence-corrected chi connectivity index (χ0v) is 13.8. The fourth-order valence-corrected chi connectivity index (χ4v) is 3.81. The summed E-state index contributed by atoms with van der Waals surface area (Å²) in [6.45, 7) is 3.50. The van der Waals surface area contributed by atoms with Crippen LogP contribution >= 0.6 is 0 Å². The molecule has 0 aliphatic carbocycles. The van der Waals surface area contributed by atoms with Crippen molar-refractivity contribution in [2.45, 2.75) is 31.2 Å². The Hall–Kier alpha value is -2.34. The zero-order chi connectivity index (χ0) is 16.6. The Morgan fingerprint density at radius 2 is 2.00 bits per heavy atom. The molecule has 0 saturated heterocycles. The minimum Gasteiger partial charge on any atom is -0.382 e. The van der Waals surface area contributed by atoms with Gasteiger partial charge < -0.3 is 5.32 Å². The van der Waals surface area contributed by atoms with Gasteiger partial charge in [-0.1, -0.05) is 12.1 Å². The topological polar surface area (TPSA) is 75.3 Å². The lowest BCUT2D eigenvalue weighted by atomic mass is 10.1. The number of sulfonamides is 1. The van der Waals surface area contributed by atoms with Crippen molar-refractivity contribution < 1.29 is 13.2 Å². The van der Waals surface area contributed by atoms with Crippen LogP contribution in [0, 0.1) is 0 Å². The molecule has 0 fully saturated rings. The van der Waals surface area contributed by atoms with E-state index in [2.05, 4.69) is 17.0 Å². The van der Waals surface area contributed by atoms with Gasteiger partial charge in [-0.2, -0.15) is 0 Å². The fraction of sp³-hybridized carbons (Fsp3) is 0.235. The van der Waals surface area contributed by atoms with Gasteiger partial charge >= 0.3 is 0 Å². The first-order valence-electron chi connectivity index (χ1n) is 7.38. The van der Waals surface area contributed by atoms with Crippen molar-refractivity contribution in [2.24, 2.45) is 0 Å². The van der Waals surface area contributed by atoms with Gasteiger partial charge in [0.25, 0.3) is 10.0 Å². The van der Waals surface area contributed by atoms with Crippen LogP contribution < -0.4 is 10.0 Å². The molecule has 1 aliphatic heterocycles. The summed E-state index contributed by atoms with van der Waals surface area (Å²) in [6.07, 6.45) is 0.804. The highest BCUT2D eigenvalue weighted by molar-refractivity contribution is 7.92. The van der Waals surface area contributed by atoms with Crippen LogP contribution in [0.4, 0.5) is 11.4 Å². The molecule has 0 aromatic heterocycles. The van der Waals surface area contributed by atoms with Crippen LogP contribution in [-0.2, 0) is 16.4 Å². The smallest absolute Gasteiger partial charge is 0.261 e. The van der Waals surface area contributed by atoms with E-state index >= 15 is 0 Å². The molecule has 2 aromatic rings. The Balaban J connectivity index is 1.89. The molecule has 2 aromatic carbocycles. The van der Waals surface area contributed by atoms with Gasteiger partial charge in [0.2, 0.25) is 0 Å². The Bertz CT molecular complexity index is 875. The lowest BCUT2D eigenvalue weighted by molar-refractivity contribution is 0.101. The van der Waals surface area contributed by atoms with Crippen molar-refractivity contribution in [3.63, 3.8) is 0 Å². The molecule has 0 bridgehead atoms. The average Bonchev–Trinajstić information content (AvgIpc) is 2.86. The summed E-state index contributed by atoms with van der Waals surface area (Å²) in [6, 6.07) is 11.9. The lowest BCUT2D eigenvalue weighted by Gasteiger charge is -2.10. The number of fused-ring (bicyclic) bond motifs is 1. The van der Waals surface area contributed by atoms with Gasteiger partial charge in [0.15, 0.2) is 5.78 Å². The van der Waals surface area contributed by atoms with E-state index < -0.39 is 10.0 Å². The molecule has 1 heterocycles. The molecule has 0 amide bonds. The normalized spacial score (nSPS) is 16.5. The number of benzene rings is 2. The first-order valence-corrected chi connectivity index (χ1v) is 8.87. The maximum atomic E-state index is 12.5. The van der Waals surface area contributed by atoms with Gasteiger partial charge in [0.05, 0.1) is 4.90 Å². The van der Waals surface area contributed by atoms with E-state index in [4.69, 9.17) is 0 Å². The van der Waals surface area contributed by atoms with Crippen molar-refractivity contribution in [3.05, 3.63) is 53.6 Å². The highest BCUT2D eigenvalue weighted by Crippen LogP contribution is 2.28. The van der Waals surface area contributed by atoms with Gasteiger partial charge in [-0.15, -0.1) is 0 Å². The maximum absolute atomic E-state index is 12.5. The lowest BCUT2D eigenvalue weighted by Crippen LogP contribution is -2.13. The molecule has 0 saturated carbocycles. The number of hydrogen-bond donors (Lipinski definition) is 2. The zero-order valence-electron chi connectivity index (χ0n) is 13.0. The van der Waals surface area contributed by atoms with Crippen LogP contribution in [0.5, 0.6) is 0 Å². The highest BCUT2D eigenvalue weighted by Gasteiger charge is 2.21. The summed E-state index contributed by atoms with van der Waals surface area (Å²) >= 11 is 0. The Morgan fingerprint density at radius 1 is 1.22 bits per heavy atom. The number of nitrogens with one attached hydrogen (secondary N) is 2. The number of rotatable bonds is 4. The molecule has 1 unspecified atom stereocenters. The van der Waals surface area contributed by atoms with Gasteiger partial charge in [-0.05, 0) is 56.2 Å². The number of carbonyl (C=O) groups excluding carboxylic acids is 1. The number of Topliss-reactive ketones (excluding diaryl/α,β-unsaturated/α-hetero) is 1. The Morgan fingerprint density at radius 3 is 2.74 bits per heavy atom. The van der Waals surface area contributed by atoms with Gasteiger partial charge in [-0.3, -0.25) is 9.52 Å². The minimum atomic E-state index is -3.68. The van der Waals surface area contributed by atoms with E-state index in [-0.39, 0.29) is 10.7 Å². The molecule has 2 N–H and O–H groups in total. The van der Waals surface area contributed by atoms with Crippen LogP contribution in [0.2, 0.25) is 0 Å². The summed E-state index contributed by atoms with van der Waals surface area (Å²) in [4.78, 5) is 11.6. The van der Waals surface area contributed by atoms with E-state index in [0.29, 0.717) is 17.3 Å². The summed E-state index contributed by atoms with van der Waals surface area (Å²) in [7, 11) is -3.68. The molecular formula is C17H18N2O3S. The summed E-state index contributed by atoms with van der Waals surface area (Å²) in [5, 5.41) is 3.29. The number of anilines is 2. The minimum absolute atomic E-state index is 0.108. The van der Waals surface area contributed by atoms with E-state index in [1.54, 1.807) is 36.4 Å². The standard InChI is InChI=1S/C17H18N2O3S/c1-11-8-14-10-16(6-7-17(14)18-11)23(21,22)19-15-5-3-4-13(9-15)12(2)20/h3-7,9-11,18-19H,8H2,1-2H3. The molecule has 0 radical (unpaired) electrons. The molecule has 0 spiro atoms. The van der Waals surface area contributed by atoms with Gasteiger partial charge in [0, 0.05) is 23.0 Å². The van der Waals surface area contributed by atoms with Crippen molar-refractivity contribution in [1.29, 1.82) is 0 Å². The summed E-state index contributed by atoms with van der Waals surface area (Å²) < 4.78 is 27.6. The average molecular weight is 330 g/mol. The SMILES string of the molecule is CC(=O)c1cccc(NS(=O)(=O)c2ccc3c(c2)CC(C)N3)c1. The molecule has 1 aliphatic rings. The molecule has 3 rings (SSSR count). The third kappa shape index (κ3) is 3.22. The third-order valence-corrected chi connectivity index (χ3v) is 5.22. The monoisotopic (exact) mass is 330 g/mol. The molecule has 5 nitrogen and oxygen atoms in total. The molecule has 1 atom stereocenters. The number of ketones is 1. The van der Waals surface area contributed by atoms with E-state index in [1.165, 1.54) is 13.0 Å². The Labute approximate surface area is 135 Å². The van der Waals surface area contributed by atoms with E-state index in [9.17, 15) is 13.2 Å².